The van der Waals surface area contributed by atoms with Crippen molar-refractivity contribution in [2.45, 2.75) is 13.0 Å². The third-order valence-corrected chi connectivity index (χ3v) is 4.35. The van der Waals surface area contributed by atoms with Crippen LogP contribution in [0.5, 0.6) is 0 Å². The number of ether oxygens (including phenoxy) is 1. The number of rotatable bonds is 3. The summed E-state index contributed by atoms with van der Waals surface area (Å²) in [5.41, 5.74) is 0.605. The maximum absolute atomic E-state index is 13.2. The molecule has 1 amide bonds. The zero-order chi connectivity index (χ0) is 14.8. The van der Waals surface area contributed by atoms with E-state index >= 15 is 0 Å². The summed E-state index contributed by atoms with van der Waals surface area (Å²) >= 11 is 1.41. The van der Waals surface area contributed by atoms with E-state index in [0.29, 0.717) is 37.0 Å². The summed E-state index contributed by atoms with van der Waals surface area (Å²) in [6.07, 6.45) is 0. The van der Waals surface area contributed by atoms with E-state index in [1.807, 2.05) is 6.92 Å². The standard InChI is InChI=1S/C14H16FN3O2S/c1-9(13(19)18-4-6-20-7-5-18)16-14-17-11-8-10(15)2-3-12(11)21-14/h2-3,8-9H,4-7H2,1H3,(H,16,17). The summed E-state index contributed by atoms with van der Waals surface area (Å²) in [5, 5.41) is 3.73. The van der Waals surface area contributed by atoms with Crippen LogP contribution >= 0.6 is 11.3 Å². The summed E-state index contributed by atoms with van der Waals surface area (Å²) in [6, 6.07) is 4.13. The van der Waals surface area contributed by atoms with Crippen LogP contribution in [0.15, 0.2) is 18.2 Å². The largest absolute Gasteiger partial charge is 0.378 e. The van der Waals surface area contributed by atoms with Gasteiger partial charge in [0.1, 0.15) is 11.9 Å². The average molecular weight is 309 g/mol. The maximum atomic E-state index is 13.2. The van der Waals surface area contributed by atoms with E-state index in [-0.39, 0.29) is 17.8 Å². The number of nitrogens with zero attached hydrogens (tertiary/aromatic N) is 2. The molecule has 5 nitrogen and oxygen atoms in total. The second kappa shape index (κ2) is 5.95. The molecule has 1 aromatic carbocycles. The van der Waals surface area contributed by atoms with Crippen molar-refractivity contribution in [1.29, 1.82) is 0 Å². The molecule has 1 atom stereocenters. The molecule has 1 saturated heterocycles. The van der Waals surface area contributed by atoms with Crippen LogP contribution in [-0.2, 0) is 9.53 Å². The number of aromatic nitrogens is 1. The molecule has 1 aliphatic heterocycles. The molecule has 1 unspecified atom stereocenters. The highest BCUT2D eigenvalue weighted by molar-refractivity contribution is 7.22. The number of halogens is 1. The summed E-state index contributed by atoms with van der Waals surface area (Å²) in [5.74, 6) is -0.277. The number of nitrogens with one attached hydrogen (secondary N) is 1. The van der Waals surface area contributed by atoms with E-state index in [2.05, 4.69) is 10.3 Å². The number of benzene rings is 1. The van der Waals surface area contributed by atoms with E-state index in [1.165, 1.54) is 23.5 Å². The molecule has 0 bridgehead atoms. The maximum Gasteiger partial charge on any atom is 0.244 e. The van der Waals surface area contributed by atoms with Crippen LogP contribution < -0.4 is 5.32 Å². The molecular weight excluding hydrogens is 293 g/mol. The Morgan fingerprint density at radius 3 is 3.00 bits per heavy atom. The highest BCUT2D eigenvalue weighted by Crippen LogP contribution is 2.26. The van der Waals surface area contributed by atoms with E-state index in [9.17, 15) is 9.18 Å². The van der Waals surface area contributed by atoms with Gasteiger partial charge in [-0.1, -0.05) is 11.3 Å². The molecule has 2 heterocycles. The monoisotopic (exact) mass is 309 g/mol. The van der Waals surface area contributed by atoms with E-state index in [4.69, 9.17) is 4.74 Å². The lowest BCUT2D eigenvalue weighted by molar-refractivity contribution is -0.135. The van der Waals surface area contributed by atoms with Gasteiger partial charge in [-0.3, -0.25) is 4.79 Å². The number of carbonyl (C=O) groups is 1. The fourth-order valence-electron chi connectivity index (χ4n) is 2.27. The molecule has 1 aliphatic rings. The van der Waals surface area contributed by atoms with Crippen molar-refractivity contribution in [3.05, 3.63) is 24.0 Å². The zero-order valence-electron chi connectivity index (χ0n) is 11.6. The molecule has 1 aromatic heterocycles. The van der Waals surface area contributed by atoms with Crippen LogP contribution in [0.3, 0.4) is 0 Å². The number of morpholine rings is 1. The third kappa shape index (κ3) is 3.14. The Hall–Kier alpha value is -1.73. The lowest BCUT2D eigenvalue weighted by Gasteiger charge is -2.29. The van der Waals surface area contributed by atoms with Crippen LogP contribution in [0.25, 0.3) is 10.2 Å². The molecule has 7 heteroatoms. The second-order valence-corrected chi connectivity index (χ2v) is 5.97. The van der Waals surface area contributed by atoms with Gasteiger partial charge in [0.15, 0.2) is 5.13 Å². The molecule has 0 saturated carbocycles. The SMILES string of the molecule is CC(Nc1nc2cc(F)ccc2s1)C(=O)N1CCOCC1. The minimum Gasteiger partial charge on any atom is -0.378 e. The number of fused-ring (bicyclic) bond motifs is 1. The van der Waals surface area contributed by atoms with Gasteiger partial charge in [-0.2, -0.15) is 0 Å². The molecule has 1 N–H and O–H groups in total. The Labute approximate surface area is 125 Å². The van der Waals surface area contributed by atoms with Crippen molar-refractivity contribution in [3.8, 4) is 0 Å². The lowest BCUT2D eigenvalue weighted by atomic mass is 10.2. The summed E-state index contributed by atoms with van der Waals surface area (Å²) in [4.78, 5) is 18.4. The van der Waals surface area contributed by atoms with Gasteiger partial charge in [0.2, 0.25) is 5.91 Å². The lowest BCUT2D eigenvalue weighted by Crippen LogP contribution is -2.46. The van der Waals surface area contributed by atoms with Gasteiger partial charge >= 0.3 is 0 Å². The predicted octanol–water partition coefficient (Wildman–Crippen LogP) is 2.09. The van der Waals surface area contributed by atoms with Crippen molar-refractivity contribution in [3.63, 3.8) is 0 Å². The average Bonchev–Trinajstić information content (AvgIpc) is 2.88. The van der Waals surface area contributed by atoms with Crippen LogP contribution in [0.1, 0.15) is 6.92 Å². The zero-order valence-corrected chi connectivity index (χ0v) is 12.5. The summed E-state index contributed by atoms with van der Waals surface area (Å²) < 4.78 is 19.3. The first-order valence-electron chi connectivity index (χ1n) is 6.82. The predicted molar refractivity (Wildman–Crippen MR) is 80.1 cm³/mol. The second-order valence-electron chi connectivity index (χ2n) is 4.93. The fourth-order valence-corrected chi connectivity index (χ4v) is 3.20. The van der Waals surface area contributed by atoms with Crippen LogP contribution in [0.4, 0.5) is 9.52 Å². The Morgan fingerprint density at radius 2 is 2.24 bits per heavy atom. The summed E-state index contributed by atoms with van der Waals surface area (Å²) in [7, 11) is 0. The van der Waals surface area contributed by atoms with Crippen molar-refractivity contribution in [1.82, 2.24) is 9.88 Å². The number of thiazole rings is 1. The first-order chi connectivity index (χ1) is 10.1. The molecular formula is C14H16FN3O2S. The van der Waals surface area contributed by atoms with Crippen LogP contribution in [-0.4, -0.2) is 48.1 Å². The van der Waals surface area contributed by atoms with Crippen LogP contribution in [0, 0.1) is 5.82 Å². The van der Waals surface area contributed by atoms with Gasteiger partial charge in [0, 0.05) is 19.2 Å². The molecule has 0 spiro atoms. The van der Waals surface area contributed by atoms with E-state index in [1.54, 1.807) is 11.0 Å². The topological polar surface area (TPSA) is 54.5 Å². The Bertz CT molecular complexity index is 655. The highest BCUT2D eigenvalue weighted by atomic mass is 32.1. The van der Waals surface area contributed by atoms with Gasteiger partial charge in [-0.25, -0.2) is 9.37 Å². The van der Waals surface area contributed by atoms with Crippen molar-refractivity contribution in [2.75, 3.05) is 31.6 Å². The Morgan fingerprint density at radius 1 is 1.48 bits per heavy atom. The third-order valence-electron chi connectivity index (χ3n) is 3.38. The minimum absolute atomic E-state index is 0.0312. The van der Waals surface area contributed by atoms with Gasteiger partial charge in [-0.05, 0) is 19.1 Å². The summed E-state index contributed by atoms with van der Waals surface area (Å²) in [6.45, 7) is 4.22. The van der Waals surface area contributed by atoms with Crippen LogP contribution in [0.2, 0.25) is 0 Å². The van der Waals surface area contributed by atoms with Crippen molar-refractivity contribution in [2.24, 2.45) is 0 Å². The van der Waals surface area contributed by atoms with Gasteiger partial charge in [-0.15, -0.1) is 0 Å². The normalized spacial score (nSPS) is 17.0. The first kappa shape index (κ1) is 14.2. The molecule has 1 fully saturated rings. The molecule has 112 valence electrons. The highest BCUT2D eigenvalue weighted by Gasteiger charge is 2.23. The fraction of sp³-hybridized carbons (Fsp3) is 0.429. The van der Waals surface area contributed by atoms with Crippen molar-refractivity contribution >= 4 is 32.6 Å². The molecule has 0 aliphatic carbocycles. The first-order valence-corrected chi connectivity index (χ1v) is 7.64. The van der Waals surface area contributed by atoms with Gasteiger partial charge in [0.25, 0.3) is 0 Å². The Kier molecular flexibility index (Phi) is 4.03. The smallest absolute Gasteiger partial charge is 0.244 e. The molecule has 0 radical (unpaired) electrons. The van der Waals surface area contributed by atoms with Crippen molar-refractivity contribution < 1.29 is 13.9 Å². The van der Waals surface area contributed by atoms with E-state index < -0.39 is 0 Å². The molecule has 2 aromatic rings. The molecule has 21 heavy (non-hydrogen) atoms. The quantitative estimate of drug-likeness (QED) is 0.943. The number of anilines is 1. The Balaban J connectivity index is 1.70. The minimum atomic E-state index is -0.367. The molecule has 3 rings (SSSR count). The number of carbonyl (C=O) groups excluding carboxylic acids is 1. The number of hydrogen-bond donors (Lipinski definition) is 1. The van der Waals surface area contributed by atoms with Gasteiger partial charge in [0.05, 0.1) is 23.4 Å². The number of amides is 1. The van der Waals surface area contributed by atoms with Gasteiger partial charge < -0.3 is 15.0 Å². The van der Waals surface area contributed by atoms with E-state index in [0.717, 1.165) is 4.70 Å². The number of hydrogen-bond acceptors (Lipinski definition) is 5.